The van der Waals surface area contributed by atoms with Gasteiger partial charge in [-0.25, -0.2) is 4.39 Å². The quantitative estimate of drug-likeness (QED) is 0.337. The lowest BCUT2D eigenvalue weighted by molar-refractivity contribution is 0.530. The summed E-state index contributed by atoms with van der Waals surface area (Å²) in [5, 5.41) is 7.44. The van der Waals surface area contributed by atoms with Crippen molar-refractivity contribution in [1.29, 1.82) is 0 Å². The van der Waals surface area contributed by atoms with Crippen LogP contribution in [0.2, 0.25) is 0 Å². The van der Waals surface area contributed by atoms with E-state index in [9.17, 15) is 4.39 Å². The molecule has 0 radical (unpaired) electrons. The van der Waals surface area contributed by atoms with Gasteiger partial charge < -0.3 is 15.1 Å². The zero-order valence-electron chi connectivity index (χ0n) is 13.2. The summed E-state index contributed by atoms with van der Waals surface area (Å²) in [5.41, 5.74) is 1.67. The van der Waals surface area contributed by atoms with Crippen LogP contribution in [-0.4, -0.2) is 19.0 Å². The lowest BCUT2D eigenvalue weighted by atomic mass is 10.1. The van der Waals surface area contributed by atoms with Crippen LogP contribution >= 0.6 is 24.0 Å². The van der Waals surface area contributed by atoms with Crippen molar-refractivity contribution in [1.82, 2.24) is 10.6 Å². The maximum absolute atomic E-state index is 13.3. The Kier molecular flexibility index (Phi) is 6.04. The number of nitrogens with zero attached hydrogens (tertiary/aromatic N) is 1. The molecule has 1 aliphatic rings. The van der Waals surface area contributed by atoms with Gasteiger partial charge >= 0.3 is 0 Å². The molecular weight excluding hydrogens is 408 g/mol. The molecule has 0 atom stereocenters. The van der Waals surface area contributed by atoms with Crippen LogP contribution in [0.1, 0.15) is 24.2 Å². The molecule has 0 unspecified atom stereocenters. The second kappa shape index (κ2) is 7.81. The van der Waals surface area contributed by atoms with Crippen molar-refractivity contribution in [2.24, 2.45) is 4.99 Å². The molecule has 0 aliphatic heterocycles. The average molecular weight is 429 g/mol. The minimum atomic E-state index is -0.248. The van der Waals surface area contributed by atoms with Gasteiger partial charge in [-0.1, -0.05) is 12.2 Å². The predicted octanol–water partition coefficient (Wildman–Crippen LogP) is 3.88. The summed E-state index contributed by atoms with van der Waals surface area (Å²) in [4.78, 5) is 4.23. The molecule has 0 bridgehead atoms. The van der Waals surface area contributed by atoms with Gasteiger partial charge in [0.2, 0.25) is 0 Å². The van der Waals surface area contributed by atoms with Crippen LogP contribution in [-0.2, 0) is 6.54 Å². The molecule has 2 aromatic rings. The van der Waals surface area contributed by atoms with E-state index in [4.69, 9.17) is 4.42 Å². The van der Waals surface area contributed by atoms with Crippen LogP contribution in [0, 0.1) is 12.7 Å². The highest BCUT2D eigenvalue weighted by Gasteiger charge is 2.14. The summed E-state index contributed by atoms with van der Waals surface area (Å²) in [5.74, 6) is 1.30. The first-order valence-electron chi connectivity index (χ1n) is 7.47. The summed E-state index contributed by atoms with van der Waals surface area (Å²) < 4.78 is 19.1. The topological polar surface area (TPSA) is 49.6 Å². The van der Waals surface area contributed by atoms with Crippen molar-refractivity contribution in [3.63, 3.8) is 0 Å². The third-order valence-corrected chi connectivity index (χ3v) is 3.99. The van der Waals surface area contributed by atoms with Gasteiger partial charge in [0.1, 0.15) is 17.2 Å². The molecule has 0 saturated carbocycles. The lowest BCUT2D eigenvalue weighted by Crippen LogP contribution is -2.42. The van der Waals surface area contributed by atoms with E-state index in [-0.39, 0.29) is 29.8 Å². The maximum atomic E-state index is 13.3. The number of guanidine groups is 1. The summed E-state index contributed by atoms with van der Waals surface area (Å²) >= 11 is 0. The standard InChI is InChI=1S/C17H20FN3O.HI/c1-11-14-9-12(18)7-8-15(14)22-16(11)10-20-17(19-2)21-13-5-3-4-6-13;/h3-4,7-9,13H,5-6,10H2,1-2H3,(H2,19,20,21);1H. The maximum Gasteiger partial charge on any atom is 0.191 e. The zero-order chi connectivity index (χ0) is 15.5. The fraction of sp³-hybridized carbons (Fsp3) is 0.353. The molecule has 0 spiro atoms. The van der Waals surface area contributed by atoms with Gasteiger partial charge in [0.05, 0.1) is 6.54 Å². The Morgan fingerprint density at radius 1 is 1.35 bits per heavy atom. The number of aliphatic imine (C=N–C) groups is 1. The lowest BCUT2D eigenvalue weighted by Gasteiger charge is -2.16. The molecular formula is C17H21FIN3O. The molecule has 0 fully saturated rings. The Labute approximate surface area is 152 Å². The second-order valence-corrected chi connectivity index (χ2v) is 5.50. The van der Waals surface area contributed by atoms with Gasteiger partial charge in [0.25, 0.3) is 0 Å². The van der Waals surface area contributed by atoms with E-state index in [1.165, 1.54) is 12.1 Å². The van der Waals surface area contributed by atoms with E-state index in [2.05, 4.69) is 27.8 Å². The highest BCUT2D eigenvalue weighted by atomic mass is 127. The predicted molar refractivity (Wildman–Crippen MR) is 102 cm³/mol. The van der Waals surface area contributed by atoms with Crippen LogP contribution in [0.4, 0.5) is 4.39 Å². The molecule has 124 valence electrons. The fourth-order valence-corrected chi connectivity index (χ4v) is 2.70. The molecule has 23 heavy (non-hydrogen) atoms. The van der Waals surface area contributed by atoms with E-state index in [0.29, 0.717) is 18.2 Å². The van der Waals surface area contributed by atoms with Crippen molar-refractivity contribution in [3.8, 4) is 0 Å². The minimum Gasteiger partial charge on any atom is -0.459 e. The SMILES string of the molecule is CN=C(NCc1oc2ccc(F)cc2c1C)NC1CC=CC1.I. The van der Waals surface area contributed by atoms with E-state index in [1.807, 2.05) is 6.92 Å². The second-order valence-electron chi connectivity index (χ2n) is 5.50. The Morgan fingerprint density at radius 2 is 2.09 bits per heavy atom. The van der Waals surface area contributed by atoms with Crippen LogP contribution < -0.4 is 10.6 Å². The normalized spacial score (nSPS) is 15.0. The summed E-state index contributed by atoms with van der Waals surface area (Å²) in [7, 11) is 1.75. The molecule has 1 heterocycles. The highest BCUT2D eigenvalue weighted by molar-refractivity contribution is 14.0. The molecule has 0 amide bonds. The smallest absolute Gasteiger partial charge is 0.191 e. The molecule has 2 N–H and O–H groups in total. The van der Waals surface area contributed by atoms with Crippen molar-refractivity contribution in [2.75, 3.05) is 7.05 Å². The summed E-state index contributed by atoms with van der Waals surface area (Å²) in [6.07, 6.45) is 6.37. The molecule has 0 saturated heterocycles. The van der Waals surface area contributed by atoms with E-state index in [1.54, 1.807) is 13.1 Å². The van der Waals surface area contributed by atoms with E-state index < -0.39 is 0 Å². The number of hydrogen-bond donors (Lipinski definition) is 2. The van der Waals surface area contributed by atoms with Crippen LogP contribution in [0.15, 0.2) is 39.8 Å². The first kappa shape index (κ1) is 17.8. The monoisotopic (exact) mass is 429 g/mol. The number of nitrogens with one attached hydrogen (secondary N) is 2. The third-order valence-electron chi connectivity index (χ3n) is 3.99. The summed E-state index contributed by atoms with van der Waals surface area (Å²) in [6, 6.07) is 4.99. The largest absolute Gasteiger partial charge is 0.459 e. The number of rotatable bonds is 3. The van der Waals surface area contributed by atoms with Gasteiger partial charge in [0.15, 0.2) is 5.96 Å². The molecule has 3 rings (SSSR count). The van der Waals surface area contributed by atoms with Crippen molar-refractivity contribution in [2.45, 2.75) is 32.4 Å². The number of benzene rings is 1. The number of hydrogen-bond acceptors (Lipinski definition) is 2. The van der Waals surface area contributed by atoms with Crippen LogP contribution in [0.5, 0.6) is 0 Å². The number of furan rings is 1. The van der Waals surface area contributed by atoms with Gasteiger partial charge in [-0.05, 0) is 38.0 Å². The van der Waals surface area contributed by atoms with Gasteiger partial charge in [-0.15, -0.1) is 24.0 Å². The Morgan fingerprint density at radius 3 is 2.78 bits per heavy atom. The summed E-state index contributed by atoms with van der Waals surface area (Å²) in [6.45, 7) is 2.46. The highest BCUT2D eigenvalue weighted by Crippen LogP contribution is 2.25. The Balaban J connectivity index is 0.00000192. The average Bonchev–Trinajstić information content (AvgIpc) is 3.13. The van der Waals surface area contributed by atoms with Crippen molar-refractivity contribution >= 4 is 40.9 Å². The Hall–Kier alpha value is -1.57. The zero-order valence-corrected chi connectivity index (χ0v) is 15.6. The number of aryl methyl sites for hydroxylation is 1. The molecule has 6 heteroatoms. The van der Waals surface area contributed by atoms with Crippen LogP contribution in [0.25, 0.3) is 11.0 Å². The van der Waals surface area contributed by atoms with Crippen molar-refractivity contribution < 1.29 is 8.81 Å². The number of fused-ring (bicyclic) bond motifs is 1. The van der Waals surface area contributed by atoms with E-state index >= 15 is 0 Å². The first-order valence-corrected chi connectivity index (χ1v) is 7.47. The molecule has 1 aromatic heterocycles. The molecule has 1 aliphatic carbocycles. The Bertz CT molecular complexity index is 731. The fourth-order valence-electron chi connectivity index (χ4n) is 2.70. The molecule has 4 nitrogen and oxygen atoms in total. The van der Waals surface area contributed by atoms with Crippen molar-refractivity contribution in [3.05, 3.63) is 47.5 Å². The van der Waals surface area contributed by atoms with Gasteiger partial charge in [0, 0.05) is 24.0 Å². The third kappa shape index (κ3) is 4.04. The first-order chi connectivity index (χ1) is 10.7. The minimum absolute atomic E-state index is 0. The number of halogens is 2. The van der Waals surface area contributed by atoms with Gasteiger partial charge in [-0.2, -0.15) is 0 Å². The molecule has 1 aromatic carbocycles. The van der Waals surface area contributed by atoms with E-state index in [0.717, 1.165) is 35.5 Å². The van der Waals surface area contributed by atoms with Crippen LogP contribution in [0.3, 0.4) is 0 Å². The van der Waals surface area contributed by atoms with Gasteiger partial charge in [-0.3, -0.25) is 4.99 Å².